The highest BCUT2D eigenvalue weighted by Gasteiger charge is 2.56. The summed E-state index contributed by atoms with van der Waals surface area (Å²) in [4.78, 5) is 0. The Bertz CT molecular complexity index is 454. The lowest BCUT2D eigenvalue weighted by atomic mass is 10.0. The van der Waals surface area contributed by atoms with Gasteiger partial charge in [0.05, 0.1) is 10.6 Å². The van der Waals surface area contributed by atoms with Gasteiger partial charge in [-0.1, -0.05) is 31.5 Å². The number of rotatable bonds is 1. The van der Waals surface area contributed by atoms with Crippen molar-refractivity contribution in [1.29, 1.82) is 0 Å². The van der Waals surface area contributed by atoms with Crippen molar-refractivity contribution in [2.45, 2.75) is 32.0 Å². The van der Waals surface area contributed by atoms with Gasteiger partial charge in [0.15, 0.2) is 0 Å². The Morgan fingerprint density at radius 2 is 1.82 bits per heavy atom. The molecule has 2 N–H and O–H groups in total. The maximum Gasteiger partial charge on any atom is 0.417 e. The topological polar surface area (TPSA) is 26.0 Å². The van der Waals surface area contributed by atoms with Crippen LogP contribution >= 0.6 is 11.6 Å². The van der Waals surface area contributed by atoms with E-state index in [1.54, 1.807) is 6.07 Å². The molecule has 1 aliphatic rings. The van der Waals surface area contributed by atoms with E-state index >= 15 is 0 Å². The molecule has 2 rings (SSSR count). The van der Waals surface area contributed by atoms with Gasteiger partial charge in [-0.25, -0.2) is 0 Å². The summed E-state index contributed by atoms with van der Waals surface area (Å²) in [5.41, 5.74) is 5.54. The number of hydrogen-bond donors (Lipinski definition) is 1. The van der Waals surface area contributed by atoms with Crippen LogP contribution in [0.15, 0.2) is 18.2 Å². The Balaban J connectivity index is 2.40. The van der Waals surface area contributed by atoms with Gasteiger partial charge >= 0.3 is 6.18 Å². The van der Waals surface area contributed by atoms with Gasteiger partial charge < -0.3 is 5.73 Å². The van der Waals surface area contributed by atoms with E-state index in [1.807, 2.05) is 13.8 Å². The highest BCUT2D eigenvalue weighted by molar-refractivity contribution is 6.31. The molecule has 1 aliphatic carbocycles. The largest absolute Gasteiger partial charge is 0.417 e. The monoisotopic (exact) mass is 263 g/mol. The maximum atomic E-state index is 12.7. The molecule has 0 unspecified atom stereocenters. The molecule has 1 fully saturated rings. The molecule has 2 atom stereocenters. The zero-order chi connectivity index (χ0) is 13.0. The summed E-state index contributed by atoms with van der Waals surface area (Å²) >= 11 is 5.56. The first-order chi connectivity index (χ1) is 7.65. The van der Waals surface area contributed by atoms with E-state index in [0.717, 1.165) is 6.07 Å². The van der Waals surface area contributed by atoms with Gasteiger partial charge in [0.1, 0.15) is 0 Å². The molecule has 1 aromatic carbocycles. The average Bonchev–Trinajstić information content (AvgIpc) is 2.66. The van der Waals surface area contributed by atoms with Crippen LogP contribution in [-0.2, 0) is 6.18 Å². The molecule has 0 radical (unpaired) electrons. The SMILES string of the molecule is CC1(C)[C@@H](N)[C@@H]1c1ccc(Cl)c(C(F)(F)F)c1. The minimum Gasteiger partial charge on any atom is -0.327 e. The van der Waals surface area contributed by atoms with Crippen molar-refractivity contribution in [3.63, 3.8) is 0 Å². The molecule has 0 bridgehead atoms. The summed E-state index contributed by atoms with van der Waals surface area (Å²) in [6.45, 7) is 3.90. The lowest BCUT2D eigenvalue weighted by Gasteiger charge is -2.11. The van der Waals surface area contributed by atoms with Crippen molar-refractivity contribution < 1.29 is 13.2 Å². The van der Waals surface area contributed by atoms with Crippen molar-refractivity contribution in [2.24, 2.45) is 11.1 Å². The van der Waals surface area contributed by atoms with Crippen LogP contribution in [0.3, 0.4) is 0 Å². The first-order valence-electron chi connectivity index (χ1n) is 5.28. The molecule has 1 nitrogen and oxygen atoms in total. The van der Waals surface area contributed by atoms with E-state index in [0.29, 0.717) is 5.56 Å². The standard InChI is InChI=1S/C12H13ClF3N/c1-11(2)9(10(11)17)6-3-4-8(13)7(5-6)12(14,15)16/h3-5,9-10H,17H2,1-2H3/t9-,10-/m0/s1. The molecule has 0 heterocycles. The second-order valence-corrected chi connectivity index (χ2v) is 5.47. The molecule has 17 heavy (non-hydrogen) atoms. The van der Waals surface area contributed by atoms with E-state index in [-0.39, 0.29) is 22.4 Å². The zero-order valence-corrected chi connectivity index (χ0v) is 10.2. The quantitative estimate of drug-likeness (QED) is 0.819. The van der Waals surface area contributed by atoms with Gasteiger partial charge in [0.2, 0.25) is 0 Å². The fourth-order valence-corrected chi connectivity index (χ4v) is 2.49. The Labute approximate surface area is 103 Å². The van der Waals surface area contributed by atoms with Gasteiger partial charge in [-0.05, 0) is 23.1 Å². The molecule has 0 aliphatic heterocycles. The normalized spacial score (nSPS) is 27.0. The Kier molecular flexibility index (Phi) is 2.71. The molecule has 94 valence electrons. The predicted molar refractivity (Wildman–Crippen MR) is 61.0 cm³/mol. The van der Waals surface area contributed by atoms with Gasteiger partial charge in [-0.3, -0.25) is 0 Å². The summed E-state index contributed by atoms with van der Waals surface area (Å²) < 4.78 is 38.1. The minimum absolute atomic E-state index is 0.0270. The fourth-order valence-electron chi connectivity index (χ4n) is 2.27. The lowest BCUT2D eigenvalue weighted by molar-refractivity contribution is -0.137. The summed E-state index contributed by atoms with van der Waals surface area (Å²) in [5.74, 6) is -0.0270. The van der Waals surface area contributed by atoms with E-state index in [1.165, 1.54) is 6.07 Å². The Morgan fingerprint density at radius 1 is 1.29 bits per heavy atom. The number of benzene rings is 1. The molecule has 0 saturated heterocycles. The molecule has 0 spiro atoms. The van der Waals surface area contributed by atoms with Crippen LogP contribution in [0.2, 0.25) is 5.02 Å². The van der Waals surface area contributed by atoms with Crippen LogP contribution in [0.25, 0.3) is 0 Å². The van der Waals surface area contributed by atoms with Crippen LogP contribution in [-0.4, -0.2) is 6.04 Å². The van der Waals surface area contributed by atoms with Crippen molar-refractivity contribution in [3.05, 3.63) is 34.3 Å². The summed E-state index contributed by atoms with van der Waals surface area (Å²) in [6.07, 6.45) is -4.42. The van der Waals surface area contributed by atoms with E-state index < -0.39 is 11.7 Å². The Hall–Kier alpha value is -0.740. The molecule has 1 aromatic rings. The summed E-state index contributed by atoms with van der Waals surface area (Å²) in [6, 6.07) is 3.93. The first kappa shape index (κ1) is 12.7. The van der Waals surface area contributed by atoms with E-state index in [9.17, 15) is 13.2 Å². The molecule has 1 saturated carbocycles. The zero-order valence-electron chi connectivity index (χ0n) is 9.48. The Morgan fingerprint density at radius 3 is 2.24 bits per heavy atom. The molecular formula is C12H13ClF3N. The first-order valence-corrected chi connectivity index (χ1v) is 5.65. The number of nitrogens with two attached hydrogens (primary N) is 1. The average molecular weight is 264 g/mol. The van der Waals surface area contributed by atoms with Gasteiger partial charge in [-0.15, -0.1) is 0 Å². The van der Waals surface area contributed by atoms with Crippen molar-refractivity contribution in [1.82, 2.24) is 0 Å². The van der Waals surface area contributed by atoms with Crippen LogP contribution < -0.4 is 5.73 Å². The van der Waals surface area contributed by atoms with Crippen LogP contribution in [0.5, 0.6) is 0 Å². The second kappa shape index (κ2) is 3.62. The second-order valence-electron chi connectivity index (χ2n) is 5.06. The minimum atomic E-state index is -4.42. The molecule has 5 heteroatoms. The smallest absolute Gasteiger partial charge is 0.327 e. The molecule has 0 amide bonds. The number of halogens is 4. The third-order valence-electron chi connectivity index (χ3n) is 3.57. The highest BCUT2D eigenvalue weighted by atomic mass is 35.5. The van der Waals surface area contributed by atoms with E-state index in [4.69, 9.17) is 17.3 Å². The summed E-state index contributed by atoms with van der Waals surface area (Å²) in [7, 11) is 0. The third-order valence-corrected chi connectivity index (χ3v) is 3.90. The predicted octanol–water partition coefficient (Wildman–Crippen LogP) is 3.81. The van der Waals surface area contributed by atoms with Crippen molar-refractivity contribution in [3.8, 4) is 0 Å². The third kappa shape index (κ3) is 2.04. The van der Waals surface area contributed by atoms with Gasteiger partial charge in [-0.2, -0.15) is 13.2 Å². The lowest BCUT2D eigenvalue weighted by Crippen LogP contribution is -2.08. The van der Waals surface area contributed by atoms with Crippen LogP contribution in [0, 0.1) is 5.41 Å². The molecule has 0 aromatic heterocycles. The van der Waals surface area contributed by atoms with Gasteiger partial charge in [0.25, 0.3) is 0 Å². The maximum absolute atomic E-state index is 12.7. The van der Waals surface area contributed by atoms with Crippen LogP contribution in [0.1, 0.15) is 30.9 Å². The van der Waals surface area contributed by atoms with Crippen molar-refractivity contribution in [2.75, 3.05) is 0 Å². The number of alkyl halides is 3. The summed E-state index contributed by atoms with van der Waals surface area (Å²) in [5, 5.41) is -0.270. The highest BCUT2D eigenvalue weighted by Crippen LogP contribution is 2.57. The van der Waals surface area contributed by atoms with Gasteiger partial charge in [0, 0.05) is 12.0 Å². The number of hydrogen-bond acceptors (Lipinski definition) is 1. The van der Waals surface area contributed by atoms with Crippen LogP contribution in [0.4, 0.5) is 13.2 Å². The molecular weight excluding hydrogens is 251 g/mol. The van der Waals surface area contributed by atoms with E-state index in [2.05, 4.69) is 0 Å². The van der Waals surface area contributed by atoms with Crippen molar-refractivity contribution >= 4 is 11.6 Å². The fraction of sp³-hybridized carbons (Fsp3) is 0.500.